The summed E-state index contributed by atoms with van der Waals surface area (Å²) in [5.41, 5.74) is 1.89. The molecular weight excluding hydrogens is 482 g/mol. The van der Waals surface area contributed by atoms with Gasteiger partial charge in [-0.2, -0.15) is 5.26 Å². The van der Waals surface area contributed by atoms with Gasteiger partial charge in [-0.3, -0.25) is 4.79 Å². The molecular formula is C29H27Cl2FN2O. The number of rotatable bonds is 7. The molecule has 0 radical (unpaired) electrons. The van der Waals surface area contributed by atoms with Crippen LogP contribution in [0.1, 0.15) is 60.8 Å². The first-order valence-corrected chi connectivity index (χ1v) is 12.6. The van der Waals surface area contributed by atoms with Crippen molar-refractivity contribution in [3.63, 3.8) is 0 Å². The molecule has 3 aromatic rings. The molecule has 1 fully saturated rings. The van der Waals surface area contributed by atoms with E-state index in [1.165, 1.54) is 6.07 Å². The smallest absolute Gasteiger partial charge is 0.231 e. The van der Waals surface area contributed by atoms with Gasteiger partial charge < -0.3 is 5.32 Å². The minimum absolute atomic E-state index is 0.108. The van der Waals surface area contributed by atoms with Crippen molar-refractivity contribution in [1.82, 2.24) is 5.32 Å². The number of hydrogen-bond acceptors (Lipinski definition) is 2. The van der Waals surface area contributed by atoms with Crippen LogP contribution in [0, 0.1) is 17.1 Å². The van der Waals surface area contributed by atoms with E-state index < -0.39 is 11.2 Å². The van der Waals surface area contributed by atoms with Crippen molar-refractivity contribution in [3.05, 3.63) is 105 Å². The molecule has 0 bridgehead atoms. The van der Waals surface area contributed by atoms with Gasteiger partial charge in [-0.25, -0.2) is 4.39 Å². The van der Waals surface area contributed by atoms with Crippen LogP contribution in [0.2, 0.25) is 10.0 Å². The molecule has 0 aliphatic heterocycles. The van der Waals surface area contributed by atoms with Crippen molar-refractivity contribution in [3.8, 4) is 6.07 Å². The Balaban J connectivity index is 1.67. The zero-order chi connectivity index (χ0) is 25.0. The zero-order valence-electron chi connectivity index (χ0n) is 19.5. The summed E-state index contributed by atoms with van der Waals surface area (Å²) < 4.78 is 15.0. The number of hydrogen-bond donors (Lipinski definition) is 1. The van der Waals surface area contributed by atoms with Crippen LogP contribution in [0.15, 0.2) is 66.7 Å². The molecule has 1 aliphatic carbocycles. The number of halogens is 3. The largest absolute Gasteiger partial charge is 0.352 e. The molecule has 0 spiro atoms. The minimum atomic E-state index is -0.990. The van der Waals surface area contributed by atoms with E-state index >= 15 is 0 Å². The molecule has 1 N–H and O–H groups in total. The first-order chi connectivity index (χ1) is 16.8. The lowest BCUT2D eigenvalue weighted by Crippen LogP contribution is -2.48. The van der Waals surface area contributed by atoms with E-state index in [0.29, 0.717) is 35.4 Å². The van der Waals surface area contributed by atoms with Crippen LogP contribution in [0.3, 0.4) is 0 Å². The van der Waals surface area contributed by atoms with Gasteiger partial charge in [0.1, 0.15) is 5.82 Å². The molecule has 35 heavy (non-hydrogen) atoms. The third-order valence-electron chi connectivity index (χ3n) is 7.11. The Hall–Kier alpha value is -2.87. The molecule has 0 heterocycles. The highest BCUT2D eigenvalue weighted by Gasteiger charge is 2.46. The molecule has 6 heteroatoms. The normalized spacial score (nSPS) is 16.3. The second kappa shape index (κ2) is 10.8. The molecule has 3 aromatic carbocycles. The van der Waals surface area contributed by atoms with Gasteiger partial charge in [0.25, 0.3) is 0 Å². The van der Waals surface area contributed by atoms with Crippen molar-refractivity contribution in [2.24, 2.45) is 0 Å². The highest BCUT2D eigenvalue weighted by Crippen LogP contribution is 2.45. The number of carbonyl (C=O) groups is 1. The maximum Gasteiger partial charge on any atom is 0.231 e. The lowest BCUT2D eigenvalue weighted by Gasteiger charge is -2.33. The number of nitrogens with one attached hydrogen (secondary N) is 1. The van der Waals surface area contributed by atoms with Crippen LogP contribution in [-0.2, 0) is 16.6 Å². The van der Waals surface area contributed by atoms with Gasteiger partial charge in [0.15, 0.2) is 0 Å². The Labute approximate surface area is 215 Å². The summed E-state index contributed by atoms with van der Waals surface area (Å²) >= 11 is 12.5. The molecule has 4 rings (SSSR count). The van der Waals surface area contributed by atoms with Crippen LogP contribution in [-0.4, -0.2) is 11.9 Å². The van der Waals surface area contributed by atoms with E-state index in [1.54, 1.807) is 18.2 Å². The lowest BCUT2D eigenvalue weighted by molar-refractivity contribution is -0.127. The lowest BCUT2D eigenvalue weighted by atomic mass is 9.76. The Morgan fingerprint density at radius 2 is 1.77 bits per heavy atom. The summed E-state index contributed by atoms with van der Waals surface area (Å²) in [7, 11) is 0. The van der Waals surface area contributed by atoms with E-state index in [9.17, 15) is 14.4 Å². The van der Waals surface area contributed by atoms with Crippen molar-refractivity contribution < 1.29 is 9.18 Å². The molecule has 1 aliphatic rings. The fraction of sp³-hybridized carbons (Fsp3) is 0.310. The molecule has 180 valence electrons. The van der Waals surface area contributed by atoms with Crippen molar-refractivity contribution in [1.29, 1.82) is 5.26 Å². The maximum absolute atomic E-state index is 15.0. The fourth-order valence-corrected chi connectivity index (χ4v) is 5.74. The summed E-state index contributed by atoms with van der Waals surface area (Å²) in [5.74, 6) is -0.753. The maximum atomic E-state index is 15.0. The molecule has 0 saturated heterocycles. The SMILES string of the molecule is CC(NC(=O)C1(c2c(F)cccc2Cl)CCCC1)C(Cc1ccc(Cl)cc1)c1cccc(C#N)c1. The molecule has 1 saturated carbocycles. The van der Waals surface area contributed by atoms with Crippen molar-refractivity contribution in [2.45, 2.75) is 56.4 Å². The Morgan fingerprint density at radius 1 is 1.09 bits per heavy atom. The second-order valence-corrected chi connectivity index (χ2v) is 10.2. The number of nitriles is 1. The van der Waals surface area contributed by atoms with E-state index in [2.05, 4.69) is 11.4 Å². The van der Waals surface area contributed by atoms with Crippen LogP contribution in [0.4, 0.5) is 4.39 Å². The highest BCUT2D eigenvalue weighted by atomic mass is 35.5. The first-order valence-electron chi connectivity index (χ1n) is 11.8. The van der Waals surface area contributed by atoms with Crippen molar-refractivity contribution in [2.75, 3.05) is 0 Å². The second-order valence-electron chi connectivity index (χ2n) is 9.32. The minimum Gasteiger partial charge on any atom is -0.352 e. The van der Waals surface area contributed by atoms with Gasteiger partial charge in [-0.05, 0) is 73.7 Å². The number of amides is 1. The quantitative estimate of drug-likeness (QED) is 0.362. The van der Waals surface area contributed by atoms with Crippen LogP contribution < -0.4 is 5.32 Å². The van der Waals surface area contributed by atoms with E-state index in [1.807, 2.05) is 49.4 Å². The van der Waals surface area contributed by atoms with Gasteiger partial charge >= 0.3 is 0 Å². The topological polar surface area (TPSA) is 52.9 Å². The predicted molar refractivity (Wildman–Crippen MR) is 138 cm³/mol. The van der Waals surface area contributed by atoms with Gasteiger partial charge in [0, 0.05) is 27.6 Å². The molecule has 0 aromatic heterocycles. The Morgan fingerprint density at radius 3 is 2.43 bits per heavy atom. The molecule has 1 amide bonds. The van der Waals surface area contributed by atoms with Crippen LogP contribution >= 0.6 is 23.2 Å². The number of nitrogens with zero attached hydrogens (tertiary/aromatic N) is 1. The molecule has 2 atom stereocenters. The summed E-state index contributed by atoms with van der Waals surface area (Å²) in [6.07, 6.45) is 3.42. The van der Waals surface area contributed by atoms with Gasteiger partial charge in [-0.1, -0.05) is 66.4 Å². The van der Waals surface area contributed by atoms with E-state index in [4.69, 9.17) is 23.2 Å². The van der Waals surface area contributed by atoms with E-state index in [0.717, 1.165) is 24.0 Å². The van der Waals surface area contributed by atoms with Gasteiger partial charge in [0.05, 0.1) is 17.0 Å². The fourth-order valence-electron chi connectivity index (χ4n) is 5.27. The highest BCUT2D eigenvalue weighted by molar-refractivity contribution is 6.32. The van der Waals surface area contributed by atoms with Gasteiger partial charge in [0.2, 0.25) is 5.91 Å². The summed E-state index contributed by atoms with van der Waals surface area (Å²) in [6, 6.07) is 21.6. The van der Waals surface area contributed by atoms with Crippen molar-refractivity contribution >= 4 is 29.1 Å². The number of benzene rings is 3. The van der Waals surface area contributed by atoms with Crippen LogP contribution in [0.5, 0.6) is 0 Å². The zero-order valence-corrected chi connectivity index (χ0v) is 21.0. The molecule has 2 unspecified atom stereocenters. The predicted octanol–water partition coefficient (Wildman–Crippen LogP) is 7.35. The first kappa shape index (κ1) is 25.2. The van der Waals surface area contributed by atoms with Gasteiger partial charge in [-0.15, -0.1) is 0 Å². The molecule has 3 nitrogen and oxygen atoms in total. The third-order valence-corrected chi connectivity index (χ3v) is 7.68. The third kappa shape index (κ3) is 5.37. The summed E-state index contributed by atoms with van der Waals surface area (Å²) in [5, 5.41) is 13.6. The summed E-state index contributed by atoms with van der Waals surface area (Å²) in [6.45, 7) is 1.96. The average molecular weight is 509 g/mol. The van der Waals surface area contributed by atoms with E-state index in [-0.39, 0.29) is 22.9 Å². The van der Waals surface area contributed by atoms with Crippen LogP contribution in [0.25, 0.3) is 0 Å². The average Bonchev–Trinajstić information content (AvgIpc) is 3.34. The monoisotopic (exact) mass is 508 g/mol. The number of carbonyl (C=O) groups excluding carboxylic acids is 1. The summed E-state index contributed by atoms with van der Waals surface area (Å²) in [4.78, 5) is 13.8. The standard InChI is InChI=1S/C29H27Cl2FN2O/c1-19(34-28(35)29(14-2-3-15-29)27-25(31)8-5-9-26(27)32)24(17-20-10-12-23(30)13-11-20)22-7-4-6-21(16-22)18-33/h4-13,16,19,24H,2-3,14-15,17H2,1H3,(H,34,35). The Kier molecular flexibility index (Phi) is 7.79. The Bertz CT molecular complexity index is 1230.